The molecular formula is C51H72NSiZr. The molecule has 4 aromatic carbocycles. The van der Waals surface area contributed by atoms with Gasteiger partial charge in [0.15, 0.2) is 0 Å². The number of nitrogens with one attached hydrogen (secondary N) is 1. The summed E-state index contributed by atoms with van der Waals surface area (Å²) >= 11 is -2.19. The second-order valence-corrected chi connectivity index (χ2v) is 29.8. The van der Waals surface area contributed by atoms with Gasteiger partial charge in [-0.1, -0.05) is 106 Å². The summed E-state index contributed by atoms with van der Waals surface area (Å²) in [5.41, 5.74) is 7.35. The molecule has 0 aliphatic heterocycles. The van der Waals surface area contributed by atoms with E-state index >= 15 is 0 Å². The number of hydrogen-bond donors (Lipinski definition) is 1. The van der Waals surface area contributed by atoms with E-state index < -0.39 is 27.1 Å². The maximum Gasteiger partial charge on any atom is -0.0184 e. The smallest absolute Gasteiger partial charge is 0.0184 e. The van der Waals surface area contributed by atoms with E-state index in [1.807, 2.05) is 15.4 Å². The third-order valence-corrected chi connectivity index (χ3v) is 31.6. The molecule has 5 rings (SSSR count). The van der Waals surface area contributed by atoms with Gasteiger partial charge in [0.05, 0.1) is 0 Å². The molecule has 0 spiro atoms. The van der Waals surface area contributed by atoms with Gasteiger partial charge in [-0.2, -0.15) is 0 Å². The molecule has 1 atom stereocenters. The Balaban J connectivity index is 0.000000453. The molecule has 1 aliphatic rings. The van der Waals surface area contributed by atoms with Gasteiger partial charge in [-0.3, -0.25) is 0 Å². The van der Waals surface area contributed by atoms with Crippen molar-refractivity contribution in [3.63, 3.8) is 0 Å². The fourth-order valence-electron chi connectivity index (χ4n) is 8.13. The van der Waals surface area contributed by atoms with Crippen LogP contribution >= 0.6 is 0 Å². The van der Waals surface area contributed by atoms with Crippen molar-refractivity contribution in [1.82, 2.24) is 3.26 Å². The molecule has 0 amide bonds. The Morgan fingerprint density at radius 2 is 0.815 bits per heavy atom. The van der Waals surface area contributed by atoms with Crippen molar-refractivity contribution in [1.29, 1.82) is 0 Å². The van der Waals surface area contributed by atoms with Gasteiger partial charge in [0.1, 0.15) is 0 Å². The monoisotopic (exact) mass is 816 g/mol. The van der Waals surface area contributed by atoms with E-state index in [9.17, 15) is 0 Å². The molecule has 1 N–H and O–H groups in total. The standard InChI is InChI=1S/C18H38N.C12H11Si.C12H10.C9H13.Zr/c1-2-3-4-5-6-7-8-9-10-11-12-13-14-15-16-17-18-19;1-3-7-11(8-4-1)13-12-9-5-2-6-10-12;1-3-7-11(8-4-1)12-9-5-2-6-10-12;1-6-5-7(2)9(4)8(6)3;/h19H,2-18H2,1H3;1-10,13H;1-10H;6H,1-4H3;/q-1;;;;+1. The van der Waals surface area contributed by atoms with Gasteiger partial charge >= 0.3 is 226 Å². The molecule has 1 nitrogen and oxygen atoms in total. The van der Waals surface area contributed by atoms with Crippen molar-refractivity contribution in [2.24, 2.45) is 5.92 Å². The van der Waals surface area contributed by atoms with Gasteiger partial charge in [-0.15, -0.1) is 0 Å². The first kappa shape index (κ1) is 44.1. The second kappa shape index (κ2) is 26.3. The van der Waals surface area contributed by atoms with Gasteiger partial charge in [-0.05, 0) is 11.1 Å². The Morgan fingerprint density at radius 1 is 0.463 bits per heavy atom. The van der Waals surface area contributed by atoms with Crippen LogP contribution in [0.2, 0.25) is 0 Å². The Labute approximate surface area is 340 Å². The minimum absolute atomic E-state index is 0.611. The first-order valence-corrected chi connectivity index (χ1v) is 30.2. The summed E-state index contributed by atoms with van der Waals surface area (Å²) in [5, 5.41) is 3.26. The molecule has 3 heteroatoms. The van der Waals surface area contributed by atoms with Crippen LogP contribution in [-0.2, 0) is 21.2 Å². The zero-order valence-corrected chi connectivity index (χ0v) is 38.3. The van der Waals surface area contributed by atoms with Crippen LogP contribution in [0.25, 0.3) is 11.1 Å². The topological polar surface area (TPSA) is 12.0 Å². The second-order valence-electron chi connectivity index (χ2n) is 15.7. The maximum atomic E-state index is 4.38. The summed E-state index contributed by atoms with van der Waals surface area (Å²) in [5.74, 6) is -0.734. The number of rotatable bonds is 23. The first-order valence-electron chi connectivity index (χ1n) is 21.7. The van der Waals surface area contributed by atoms with Crippen LogP contribution in [0.15, 0.2) is 141 Å². The van der Waals surface area contributed by atoms with Gasteiger partial charge < -0.3 is 0 Å². The van der Waals surface area contributed by atoms with E-state index in [-0.39, 0.29) is 0 Å². The van der Waals surface area contributed by atoms with E-state index in [0.29, 0.717) is 5.92 Å². The molecular weight excluding hydrogens is 746 g/mol. The van der Waals surface area contributed by atoms with Crippen molar-refractivity contribution in [2.45, 2.75) is 137 Å². The van der Waals surface area contributed by atoms with E-state index in [0.717, 1.165) is 0 Å². The number of unbranched alkanes of at least 4 members (excludes halogenated alkanes) is 15. The Hall–Kier alpha value is -2.58. The van der Waals surface area contributed by atoms with Crippen molar-refractivity contribution in [3.05, 3.63) is 141 Å². The minimum Gasteiger partial charge on any atom is -0.0622 e. The fourth-order valence-corrected chi connectivity index (χ4v) is 30.8. The predicted molar refractivity (Wildman–Crippen MR) is 239 cm³/mol. The summed E-state index contributed by atoms with van der Waals surface area (Å²) in [6, 6.07) is 44.0. The molecule has 0 saturated carbocycles. The van der Waals surface area contributed by atoms with Gasteiger partial charge in [-0.25, -0.2) is 0 Å². The minimum atomic E-state index is -2.19. The van der Waals surface area contributed by atoms with E-state index in [4.69, 9.17) is 0 Å². The average molecular weight is 818 g/mol. The Kier molecular flexibility index (Phi) is 21.5. The van der Waals surface area contributed by atoms with E-state index in [2.05, 4.69) is 147 Å². The van der Waals surface area contributed by atoms with Crippen LogP contribution in [0.4, 0.5) is 0 Å². The quantitative estimate of drug-likeness (QED) is 0.0581. The van der Waals surface area contributed by atoms with Crippen molar-refractivity contribution < 1.29 is 21.2 Å². The van der Waals surface area contributed by atoms with E-state index in [1.54, 1.807) is 27.1 Å². The van der Waals surface area contributed by atoms with Gasteiger partial charge in [0.25, 0.3) is 0 Å². The van der Waals surface area contributed by atoms with Crippen molar-refractivity contribution in [2.75, 3.05) is 6.54 Å². The van der Waals surface area contributed by atoms with Crippen LogP contribution in [0, 0.1) is 5.92 Å². The van der Waals surface area contributed by atoms with Crippen LogP contribution in [0.5, 0.6) is 0 Å². The van der Waals surface area contributed by atoms with Crippen molar-refractivity contribution in [3.8, 4) is 11.1 Å². The fraction of sp³-hybridized carbons (Fsp3) is 0.451. The summed E-state index contributed by atoms with van der Waals surface area (Å²) < 4.78 is 6.24. The largest absolute Gasteiger partial charge is 0.0622 e. The summed E-state index contributed by atoms with van der Waals surface area (Å²) in [7, 11) is 0. The van der Waals surface area contributed by atoms with Crippen LogP contribution in [-0.4, -0.2) is 12.5 Å². The van der Waals surface area contributed by atoms with E-state index in [1.165, 1.54) is 120 Å². The van der Waals surface area contributed by atoms with Crippen LogP contribution < -0.4 is 13.6 Å². The van der Waals surface area contributed by atoms with Crippen LogP contribution in [0.3, 0.4) is 0 Å². The summed E-state index contributed by atoms with van der Waals surface area (Å²) in [6.07, 6.45) is 22.9. The molecule has 0 bridgehead atoms. The number of allylic oxidation sites excluding steroid dienone is 4. The molecule has 0 heterocycles. The zero-order valence-electron chi connectivity index (χ0n) is 34.7. The predicted octanol–water partition coefficient (Wildman–Crippen LogP) is 13.5. The Bertz CT molecular complexity index is 1540. The third-order valence-electron chi connectivity index (χ3n) is 11.7. The first-order chi connectivity index (χ1) is 26.5. The molecule has 1 aliphatic carbocycles. The number of hydrogen-bond acceptors (Lipinski definition) is 1. The molecule has 4 aromatic rings. The molecule has 0 aromatic heterocycles. The summed E-state index contributed by atoms with van der Waals surface area (Å²) in [4.78, 5) is 0. The molecule has 289 valence electrons. The van der Waals surface area contributed by atoms with Crippen LogP contribution in [0.1, 0.15) is 137 Å². The molecule has 1 unspecified atom stereocenters. The SMILES string of the molecule is CCCCCCCCCCCCCCCCCC[NH][Zr]([C]1=C(C)C(C)=C(C)C1C)[SiH](c1ccccc1)c1ccccc1.c1ccc(-c2ccccc2)cc1. The molecule has 0 saturated heterocycles. The van der Waals surface area contributed by atoms with Gasteiger partial charge in [0, 0.05) is 0 Å². The zero-order chi connectivity index (χ0) is 38.2. The maximum absolute atomic E-state index is 4.38. The summed E-state index contributed by atoms with van der Waals surface area (Å²) in [6.45, 7) is 13.2. The molecule has 0 fully saturated rings. The van der Waals surface area contributed by atoms with Crippen molar-refractivity contribution >= 4 is 16.3 Å². The molecule has 54 heavy (non-hydrogen) atoms. The average Bonchev–Trinajstić information content (AvgIpc) is 3.41. The van der Waals surface area contributed by atoms with Gasteiger partial charge in [0.2, 0.25) is 0 Å². The Morgan fingerprint density at radius 3 is 1.17 bits per heavy atom. The normalized spacial score (nSPS) is 14.1. The third kappa shape index (κ3) is 14.8. The molecule has 0 radical (unpaired) electrons. The number of benzene rings is 4.